The fourth-order valence-electron chi connectivity index (χ4n) is 3.84. The summed E-state index contributed by atoms with van der Waals surface area (Å²) in [4.78, 5) is 21.5. The first kappa shape index (κ1) is 21.2. The van der Waals surface area contributed by atoms with Crippen molar-refractivity contribution < 1.29 is 9.32 Å². The van der Waals surface area contributed by atoms with E-state index in [2.05, 4.69) is 51.2 Å². The first-order chi connectivity index (χ1) is 15.1. The molecule has 1 amide bonds. The molecular formula is C24H29N5O2. The summed E-state index contributed by atoms with van der Waals surface area (Å²) >= 11 is 0. The molecule has 1 aliphatic heterocycles. The number of nitrogens with one attached hydrogen (secondary N) is 1. The van der Waals surface area contributed by atoms with Crippen LogP contribution in [-0.2, 0) is 11.3 Å². The molecule has 1 aromatic heterocycles. The monoisotopic (exact) mass is 419 g/mol. The van der Waals surface area contributed by atoms with E-state index >= 15 is 0 Å². The standard InChI is InChI=1S/C24H29N5O2/c1-18-8-6-7-11-21(18)16-25-22(30)17-28-12-14-29(15-13-28)19(2)24-26-23(27-31-24)20-9-4-3-5-10-20/h3-11,19H,12-17H2,1-2H3,(H,25,30). The van der Waals surface area contributed by atoms with Crippen molar-refractivity contribution in [3.8, 4) is 11.4 Å². The third kappa shape index (κ3) is 5.37. The largest absolute Gasteiger partial charge is 0.351 e. The maximum atomic E-state index is 12.4. The molecule has 31 heavy (non-hydrogen) atoms. The summed E-state index contributed by atoms with van der Waals surface area (Å²) < 4.78 is 5.53. The topological polar surface area (TPSA) is 74.5 Å². The molecule has 1 unspecified atom stereocenters. The molecule has 4 rings (SSSR count). The highest BCUT2D eigenvalue weighted by atomic mass is 16.5. The lowest BCUT2D eigenvalue weighted by Crippen LogP contribution is -2.49. The normalized spacial score (nSPS) is 16.2. The summed E-state index contributed by atoms with van der Waals surface area (Å²) in [6, 6.07) is 18.0. The fourth-order valence-corrected chi connectivity index (χ4v) is 3.84. The van der Waals surface area contributed by atoms with Gasteiger partial charge in [0.15, 0.2) is 0 Å². The minimum absolute atomic E-state index is 0.0435. The highest BCUT2D eigenvalue weighted by Crippen LogP contribution is 2.23. The van der Waals surface area contributed by atoms with Crippen LogP contribution in [-0.4, -0.2) is 58.6 Å². The molecule has 0 bridgehead atoms. The van der Waals surface area contributed by atoms with Gasteiger partial charge in [0.25, 0.3) is 0 Å². The zero-order chi connectivity index (χ0) is 21.6. The molecule has 0 radical (unpaired) electrons. The average Bonchev–Trinajstić information content (AvgIpc) is 3.30. The average molecular weight is 420 g/mol. The highest BCUT2D eigenvalue weighted by Gasteiger charge is 2.26. The van der Waals surface area contributed by atoms with Gasteiger partial charge < -0.3 is 9.84 Å². The molecule has 3 aromatic rings. The van der Waals surface area contributed by atoms with Crippen molar-refractivity contribution >= 4 is 5.91 Å². The SMILES string of the molecule is Cc1ccccc1CNC(=O)CN1CCN(C(C)c2nc(-c3ccccc3)no2)CC1. The van der Waals surface area contributed by atoms with Crippen LogP contribution in [0.2, 0.25) is 0 Å². The van der Waals surface area contributed by atoms with E-state index in [-0.39, 0.29) is 11.9 Å². The second kappa shape index (κ2) is 9.85. The van der Waals surface area contributed by atoms with Crippen molar-refractivity contribution in [1.29, 1.82) is 0 Å². The Balaban J connectivity index is 1.24. The van der Waals surface area contributed by atoms with Crippen LogP contribution in [0.25, 0.3) is 11.4 Å². The van der Waals surface area contributed by atoms with E-state index in [4.69, 9.17) is 4.52 Å². The van der Waals surface area contributed by atoms with E-state index in [0.717, 1.165) is 37.3 Å². The maximum Gasteiger partial charge on any atom is 0.244 e. The number of aromatic nitrogens is 2. The zero-order valence-electron chi connectivity index (χ0n) is 18.1. The summed E-state index contributed by atoms with van der Waals surface area (Å²) in [6.45, 7) is 8.53. The van der Waals surface area contributed by atoms with Crippen molar-refractivity contribution in [2.24, 2.45) is 0 Å². The van der Waals surface area contributed by atoms with Gasteiger partial charge in [0.2, 0.25) is 17.6 Å². The van der Waals surface area contributed by atoms with Crippen LogP contribution < -0.4 is 5.32 Å². The Morgan fingerprint density at radius 1 is 1.06 bits per heavy atom. The van der Waals surface area contributed by atoms with Gasteiger partial charge in [-0.25, -0.2) is 0 Å². The zero-order valence-corrected chi connectivity index (χ0v) is 18.1. The number of benzene rings is 2. The number of hydrogen-bond donors (Lipinski definition) is 1. The molecule has 1 N–H and O–H groups in total. The highest BCUT2D eigenvalue weighted by molar-refractivity contribution is 5.78. The molecule has 1 atom stereocenters. The molecule has 0 spiro atoms. The van der Waals surface area contributed by atoms with Crippen LogP contribution in [0.1, 0.15) is 30.0 Å². The first-order valence-electron chi connectivity index (χ1n) is 10.8. The van der Waals surface area contributed by atoms with Gasteiger partial charge in [-0.2, -0.15) is 4.98 Å². The van der Waals surface area contributed by atoms with Crippen LogP contribution in [0.15, 0.2) is 59.1 Å². The van der Waals surface area contributed by atoms with Crippen molar-refractivity contribution in [2.45, 2.75) is 26.4 Å². The van der Waals surface area contributed by atoms with Crippen molar-refractivity contribution in [2.75, 3.05) is 32.7 Å². The van der Waals surface area contributed by atoms with Gasteiger partial charge in [-0.05, 0) is 25.0 Å². The Labute approximate surface area is 183 Å². The van der Waals surface area contributed by atoms with E-state index in [1.807, 2.05) is 42.5 Å². The molecular weight excluding hydrogens is 390 g/mol. The summed E-state index contributed by atoms with van der Waals surface area (Å²) in [5, 5.41) is 7.17. The van der Waals surface area contributed by atoms with Crippen molar-refractivity contribution in [3.63, 3.8) is 0 Å². The number of amides is 1. The van der Waals surface area contributed by atoms with Crippen LogP contribution in [0, 0.1) is 6.92 Å². The van der Waals surface area contributed by atoms with Crippen LogP contribution in [0.4, 0.5) is 0 Å². The molecule has 7 nitrogen and oxygen atoms in total. The van der Waals surface area contributed by atoms with E-state index in [1.165, 1.54) is 5.56 Å². The fraction of sp³-hybridized carbons (Fsp3) is 0.375. The second-order valence-electron chi connectivity index (χ2n) is 8.01. The van der Waals surface area contributed by atoms with Crippen molar-refractivity contribution in [3.05, 3.63) is 71.6 Å². The third-order valence-electron chi connectivity index (χ3n) is 5.89. The molecule has 0 aliphatic carbocycles. The van der Waals surface area contributed by atoms with E-state index in [1.54, 1.807) is 0 Å². The molecule has 7 heteroatoms. The molecule has 0 saturated carbocycles. The van der Waals surface area contributed by atoms with Crippen LogP contribution in [0.3, 0.4) is 0 Å². The molecule has 162 valence electrons. The molecule has 1 aliphatic rings. The lowest BCUT2D eigenvalue weighted by molar-refractivity contribution is -0.122. The summed E-state index contributed by atoms with van der Waals surface area (Å²) in [7, 11) is 0. The molecule has 1 saturated heterocycles. The van der Waals surface area contributed by atoms with Gasteiger partial charge in [0.1, 0.15) is 0 Å². The predicted octanol–water partition coefficient (Wildman–Crippen LogP) is 3.04. The Morgan fingerprint density at radius 2 is 1.77 bits per heavy atom. The number of piperazine rings is 1. The predicted molar refractivity (Wildman–Crippen MR) is 119 cm³/mol. The van der Waals surface area contributed by atoms with E-state index < -0.39 is 0 Å². The quantitative estimate of drug-likeness (QED) is 0.635. The smallest absolute Gasteiger partial charge is 0.244 e. The molecule has 2 aromatic carbocycles. The van der Waals surface area contributed by atoms with Crippen LogP contribution >= 0.6 is 0 Å². The third-order valence-corrected chi connectivity index (χ3v) is 5.89. The van der Waals surface area contributed by atoms with Crippen LogP contribution in [0.5, 0.6) is 0 Å². The summed E-state index contributed by atoms with van der Waals surface area (Å²) in [5.74, 6) is 1.31. The Bertz CT molecular complexity index is 996. The minimum Gasteiger partial charge on any atom is -0.351 e. The number of nitrogens with zero attached hydrogens (tertiary/aromatic N) is 4. The van der Waals surface area contributed by atoms with Gasteiger partial charge in [-0.1, -0.05) is 59.8 Å². The maximum absolute atomic E-state index is 12.4. The second-order valence-corrected chi connectivity index (χ2v) is 8.01. The minimum atomic E-state index is 0.0435. The summed E-state index contributed by atoms with van der Waals surface area (Å²) in [5.41, 5.74) is 3.30. The van der Waals surface area contributed by atoms with Gasteiger partial charge in [-0.3, -0.25) is 14.6 Å². The number of carbonyl (C=O) groups is 1. The number of rotatable bonds is 7. The van der Waals surface area contributed by atoms with E-state index in [9.17, 15) is 4.79 Å². The van der Waals surface area contributed by atoms with Gasteiger partial charge >= 0.3 is 0 Å². The van der Waals surface area contributed by atoms with Gasteiger partial charge in [0.05, 0.1) is 12.6 Å². The van der Waals surface area contributed by atoms with Crippen molar-refractivity contribution in [1.82, 2.24) is 25.3 Å². The lowest BCUT2D eigenvalue weighted by atomic mass is 10.1. The lowest BCUT2D eigenvalue weighted by Gasteiger charge is -2.36. The first-order valence-corrected chi connectivity index (χ1v) is 10.8. The Morgan fingerprint density at radius 3 is 2.52 bits per heavy atom. The Kier molecular flexibility index (Phi) is 6.74. The molecule has 2 heterocycles. The molecule has 1 fully saturated rings. The number of carbonyl (C=O) groups excluding carboxylic acids is 1. The van der Waals surface area contributed by atoms with Gasteiger partial charge in [-0.15, -0.1) is 0 Å². The Hall–Kier alpha value is -3.03. The van der Waals surface area contributed by atoms with Gasteiger partial charge in [0, 0.05) is 38.3 Å². The number of hydrogen-bond acceptors (Lipinski definition) is 6. The summed E-state index contributed by atoms with van der Waals surface area (Å²) in [6.07, 6.45) is 0. The van der Waals surface area contributed by atoms with E-state index in [0.29, 0.717) is 24.8 Å². The number of aryl methyl sites for hydroxylation is 1.